The number of hydrogen-bond acceptors (Lipinski definition) is 5. The zero-order valence-corrected chi connectivity index (χ0v) is 10.8. The second-order valence-electron chi connectivity index (χ2n) is 5.04. The van der Waals surface area contributed by atoms with Gasteiger partial charge in [-0.1, -0.05) is 12.2 Å². The summed E-state index contributed by atoms with van der Waals surface area (Å²) in [5.74, 6) is -0.388. The van der Waals surface area contributed by atoms with E-state index in [2.05, 4.69) is 0 Å². The van der Waals surface area contributed by atoms with Crippen molar-refractivity contribution < 1.29 is 14.6 Å². The third-order valence-electron chi connectivity index (χ3n) is 3.80. The summed E-state index contributed by atoms with van der Waals surface area (Å²) in [4.78, 5) is 34.2. The van der Waals surface area contributed by atoms with Crippen LogP contribution in [0.15, 0.2) is 30.4 Å². The SMILES string of the molecule is O=C(c1cc([N+](=O)[O-])cc([N+](=O)[O-])c1)N1C2CC=CCC21. The summed E-state index contributed by atoms with van der Waals surface area (Å²) < 4.78 is 0. The van der Waals surface area contributed by atoms with Gasteiger partial charge in [-0.25, -0.2) is 0 Å². The molecule has 108 valence electrons. The first-order chi connectivity index (χ1) is 9.99. The summed E-state index contributed by atoms with van der Waals surface area (Å²) >= 11 is 0. The highest BCUT2D eigenvalue weighted by Gasteiger charge is 2.50. The molecule has 1 aliphatic heterocycles. The number of rotatable bonds is 3. The fraction of sp³-hybridized carbons (Fsp3) is 0.308. The zero-order chi connectivity index (χ0) is 15.1. The number of benzene rings is 1. The van der Waals surface area contributed by atoms with Gasteiger partial charge in [0, 0.05) is 12.1 Å². The fourth-order valence-electron chi connectivity index (χ4n) is 2.73. The Bertz CT molecular complexity index is 638. The second-order valence-corrected chi connectivity index (χ2v) is 5.04. The van der Waals surface area contributed by atoms with Crippen LogP contribution in [0.25, 0.3) is 0 Å². The van der Waals surface area contributed by atoms with Crippen LogP contribution in [-0.4, -0.2) is 32.7 Å². The Labute approximate surface area is 119 Å². The molecule has 2 aliphatic rings. The average molecular weight is 289 g/mol. The highest BCUT2D eigenvalue weighted by atomic mass is 16.6. The van der Waals surface area contributed by atoms with Gasteiger partial charge >= 0.3 is 0 Å². The maximum Gasteiger partial charge on any atom is 0.277 e. The summed E-state index contributed by atoms with van der Waals surface area (Å²) in [6, 6.07) is 3.26. The monoisotopic (exact) mass is 289 g/mol. The van der Waals surface area contributed by atoms with Crippen molar-refractivity contribution in [1.29, 1.82) is 0 Å². The summed E-state index contributed by atoms with van der Waals surface area (Å²) in [7, 11) is 0. The Balaban J connectivity index is 1.93. The highest BCUT2D eigenvalue weighted by molar-refractivity contribution is 5.97. The van der Waals surface area contributed by atoms with Gasteiger partial charge in [0.2, 0.25) is 0 Å². The molecule has 1 saturated heterocycles. The lowest BCUT2D eigenvalue weighted by Crippen LogP contribution is -2.15. The molecule has 8 heteroatoms. The quantitative estimate of drug-likeness (QED) is 0.366. The predicted octanol–water partition coefficient (Wildman–Crippen LogP) is 2.05. The van der Waals surface area contributed by atoms with Crippen LogP contribution in [0.4, 0.5) is 11.4 Å². The molecule has 1 aromatic carbocycles. The van der Waals surface area contributed by atoms with Gasteiger partial charge in [0.15, 0.2) is 0 Å². The third-order valence-corrected chi connectivity index (χ3v) is 3.80. The Morgan fingerprint density at radius 3 is 1.90 bits per heavy atom. The molecule has 0 bridgehead atoms. The topological polar surface area (TPSA) is 106 Å². The molecule has 1 aliphatic carbocycles. The van der Waals surface area contributed by atoms with E-state index in [9.17, 15) is 25.0 Å². The summed E-state index contributed by atoms with van der Waals surface area (Å²) in [6.45, 7) is 0. The van der Waals surface area contributed by atoms with Crippen LogP contribution in [0, 0.1) is 20.2 Å². The van der Waals surface area contributed by atoms with Crippen molar-refractivity contribution in [2.45, 2.75) is 24.9 Å². The molecule has 1 heterocycles. The van der Waals surface area contributed by atoms with Crippen LogP contribution in [0.5, 0.6) is 0 Å². The van der Waals surface area contributed by atoms with Crippen molar-refractivity contribution >= 4 is 17.3 Å². The highest BCUT2D eigenvalue weighted by Crippen LogP contribution is 2.39. The van der Waals surface area contributed by atoms with Gasteiger partial charge in [-0.3, -0.25) is 25.0 Å². The van der Waals surface area contributed by atoms with Crippen molar-refractivity contribution in [3.05, 3.63) is 56.1 Å². The molecule has 0 spiro atoms. The van der Waals surface area contributed by atoms with Crippen LogP contribution >= 0.6 is 0 Å². The van der Waals surface area contributed by atoms with E-state index < -0.39 is 21.2 Å². The molecule has 2 unspecified atom stereocenters. The van der Waals surface area contributed by atoms with E-state index in [1.54, 1.807) is 4.90 Å². The third kappa shape index (κ3) is 2.24. The summed E-state index contributed by atoms with van der Waals surface area (Å²) in [6.07, 6.45) is 5.50. The van der Waals surface area contributed by atoms with Crippen LogP contribution in [0.3, 0.4) is 0 Å². The molecule has 21 heavy (non-hydrogen) atoms. The minimum atomic E-state index is -0.735. The number of non-ortho nitro benzene ring substituents is 2. The maximum absolute atomic E-state index is 12.4. The van der Waals surface area contributed by atoms with Gasteiger partial charge < -0.3 is 4.90 Å². The number of amides is 1. The lowest BCUT2D eigenvalue weighted by molar-refractivity contribution is -0.394. The minimum absolute atomic E-state index is 0.00898. The Hall–Kier alpha value is -2.77. The molecule has 1 amide bonds. The summed E-state index contributed by atoms with van der Waals surface area (Å²) in [5.41, 5.74) is -0.906. The predicted molar refractivity (Wildman–Crippen MR) is 71.9 cm³/mol. The fourth-order valence-corrected chi connectivity index (χ4v) is 2.73. The smallest absolute Gasteiger partial charge is 0.277 e. The molecule has 8 nitrogen and oxygen atoms in total. The van der Waals surface area contributed by atoms with Gasteiger partial charge in [-0.05, 0) is 12.8 Å². The van der Waals surface area contributed by atoms with Crippen LogP contribution in [0.2, 0.25) is 0 Å². The molecule has 0 saturated carbocycles. The molecular formula is C13H11N3O5. The number of fused-ring (bicyclic) bond motifs is 1. The number of nitro groups is 2. The van der Waals surface area contributed by atoms with Crippen molar-refractivity contribution in [3.8, 4) is 0 Å². The van der Waals surface area contributed by atoms with Crippen LogP contribution in [0.1, 0.15) is 23.2 Å². The number of nitrogens with zero attached hydrogens (tertiary/aromatic N) is 3. The molecular weight excluding hydrogens is 278 g/mol. The lowest BCUT2D eigenvalue weighted by atomic mass is 10.1. The van der Waals surface area contributed by atoms with Gasteiger partial charge in [-0.2, -0.15) is 0 Å². The number of nitro benzene ring substituents is 2. The number of hydrogen-bond donors (Lipinski definition) is 0. The van der Waals surface area contributed by atoms with E-state index in [1.807, 2.05) is 12.2 Å². The van der Waals surface area contributed by atoms with Crippen molar-refractivity contribution in [3.63, 3.8) is 0 Å². The first kappa shape index (κ1) is 13.2. The molecule has 2 atom stereocenters. The number of carbonyl (C=O) groups excluding carboxylic acids is 1. The van der Waals surface area contributed by atoms with Crippen molar-refractivity contribution in [1.82, 2.24) is 4.90 Å². The first-order valence-electron chi connectivity index (χ1n) is 6.40. The van der Waals surface area contributed by atoms with E-state index >= 15 is 0 Å². The Morgan fingerprint density at radius 2 is 1.48 bits per heavy atom. The first-order valence-corrected chi connectivity index (χ1v) is 6.40. The largest absolute Gasteiger partial charge is 0.328 e. The van der Waals surface area contributed by atoms with Crippen LogP contribution in [-0.2, 0) is 0 Å². The zero-order valence-electron chi connectivity index (χ0n) is 10.8. The number of carbonyl (C=O) groups is 1. The van der Waals surface area contributed by atoms with E-state index in [0.717, 1.165) is 31.0 Å². The Morgan fingerprint density at radius 1 is 1.00 bits per heavy atom. The summed E-state index contributed by atoms with van der Waals surface area (Å²) in [5, 5.41) is 21.7. The average Bonchev–Trinajstić information content (AvgIpc) is 3.20. The van der Waals surface area contributed by atoms with E-state index in [0.29, 0.717) is 0 Å². The second kappa shape index (κ2) is 4.65. The van der Waals surface area contributed by atoms with Gasteiger partial charge in [0.1, 0.15) is 0 Å². The van der Waals surface area contributed by atoms with E-state index in [4.69, 9.17) is 0 Å². The van der Waals surface area contributed by atoms with E-state index in [-0.39, 0.29) is 23.6 Å². The minimum Gasteiger partial charge on any atom is -0.328 e. The Kier molecular flexibility index (Phi) is 2.93. The normalized spacial score (nSPS) is 22.6. The molecule has 0 aromatic heterocycles. The molecule has 0 radical (unpaired) electrons. The van der Waals surface area contributed by atoms with Crippen molar-refractivity contribution in [2.24, 2.45) is 0 Å². The maximum atomic E-state index is 12.4. The van der Waals surface area contributed by atoms with Crippen LogP contribution < -0.4 is 0 Å². The molecule has 0 N–H and O–H groups in total. The van der Waals surface area contributed by atoms with Gasteiger partial charge in [-0.15, -0.1) is 0 Å². The lowest BCUT2D eigenvalue weighted by Gasteiger charge is -2.04. The van der Waals surface area contributed by atoms with Gasteiger partial charge in [0.05, 0.1) is 33.6 Å². The molecule has 1 fully saturated rings. The standard InChI is InChI=1S/C13H11N3O5/c17-13(14-11-3-1-2-4-12(11)14)8-5-9(15(18)19)7-10(6-8)16(20)21/h1-2,5-7,11-12H,3-4H2. The molecule has 3 rings (SSSR count). The van der Waals surface area contributed by atoms with Crippen molar-refractivity contribution in [2.75, 3.05) is 0 Å². The molecule has 1 aromatic rings. The van der Waals surface area contributed by atoms with Gasteiger partial charge in [0.25, 0.3) is 17.3 Å². The van der Waals surface area contributed by atoms with E-state index in [1.165, 1.54) is 0 Å².